The molecule has 7 nitrogen and oxygen atoms in total. The van der Waals surface area contributed by atoms with Crippen LogP contribution in [0.2, 0.25) is 0 Å². The summed E-state index contributed by atoms with van der Waals surface area (Å²) < 4.78 is 25.6. The molecule has 8 heteroatoms. The van der Waals surface area contributed by atoms with Gasteiger partial charge < -0.3 is 10.6 Å². The van der Waals surface area contributed by atoms with Gasteiger partial charge in [-0.05, 0) is 44.9 Å². The van der Waals surface area contributed by atoms with Crippen molar-refractivity contribution >= 4 is 15.8 Å². The van der Waals surface area contributed by atoms with E-state index in [1.54, 1.807) is 27.0 Å². The fourth-order valence-corrected chi connectivity index (χ4v) is 3.53. The minimum atomic E-state index is -3.17. The van der Waals surface area contributed by atoms with E-state index >= 15 is 0 Å². The average Bonchev–Trinajstić information content (AvgIpc) is 3.13. The van der Waals surface area contributed by atoms with Crippen molar-refractivity contribution in [3.63, 3.8) is 0 Å². The van der Waals surface area contributed by atoms with Gasteiger partial charge in [-0.2, -0.15) is 5.10 Å². The molecule has 2 N–H and O–H groups in total. The van der Waals surface area contributed by atoms with Crippen LogP contribution in [0, 0.1) is 0 Å². The van der Waals surface area contributed by atoms with E-state index in [0.717, 1.165) is 11.1 Å². The van der Waals surface area contributed by atoms with Crippen LogP contribution in [0.4, 0.5) is 0 Å². The van der Waals surface area contributed by atoms with Gasteiger partial charge in [0.25, 0.3) is 0 Å². The van der Waals surface area contributed by atoms with Gasteiger partial charge in [0, 0.05) is 25.5 Å². The number of sulfone groups is 1. The van der Waals surface area contributed by atoms with Gasteiger partial charge in [0.05, 0.1) is 23.6 Å². The topological polar surface area (TPSA) is 88.4 Å². The Labute approximate surface area is 168 Å². The molecule has 0 atom stereocenters. The van der Waals surface area contributed by atoms with Crippen molar-refractivity contribution in [3.8, 4) is 0 Å². The summed E-state index contributed by atoms with van der Waals surface area (Å²) in [5.41, 5.74) is 2.26. The number of aromatic nitrogens is 2. The highest BCUT2D eigenvalue weighted by Gasteiger charge is 2.28. The lowest BCUT2D eigenvalue weighted by Crippen LogP contribution is -2.41. The summed E-state index contributed by atoms with van der Waals surface area (Å²) in [5.74, 6) is 0.678. The van der Waals surface area contributed by atoms with E-state index in [0.29, 0.717) is 32.1 Å². The van der Waals surface area contributed by atoms with Gasteiger partial charge in [-0.1, -0.05) is 24.3 Å². The molecule has 0 saturated carbocycles. The van der Waals surface area contributed by atoms with Gasteiger partial charge in [0.2, 0.25) is 0 Å². The smallest absolute Gasteiger partial charge is 0.191 e. The number of aliphatic imine (C=N–C) groups is 1. The van der Waals surface area contributed by atoms with Crippen LogP contribution in [-0.2, 0) is 22.9 Å². The van der Waals surface area contributed by atoms with Gasteiger partial charge in [0.15, 0.2) is 15.8 Å². The van der Waals surface area contributed by atoms with Crippen LogP contribution >= 0.6 is 0 Å². The fourth-order valence-electron chi connectivity index (χ4n) is 2.55. The Balaban J connectivity index is 2.03. The summed E-state index contributed by atoms with van der Waals surface area (Å²) in [6.07, 6.45) is 3.70. The second-order valence-corrected chi connectivity index (χ2v) is 10.4. The quantitative estimate of drug-likeness (QED) is 0.519. The first-order valence-corrected chi connectivity index (χ1v) is 11.2. The third-order valence-corrected chi connectivity index (χ3v) is 6.97. The highest BCUT2D eigenvalue weighted by molar-refractivity contribution is 7.92. The molecule has 0 aliphatic heterocycles. The molecule has 28 heavy (non-hydrogen) atoms. The Morgan fingerprint density at radius 1 is 1.14 bits per heavy atom. The van der Waals surface area contributed by atoms with Crippen molar-refractivity contribution in [1.29, 1.82) is 0 Å². The van der Waals surface area contributed by atoms with E-state index in [1.165, 1.54) is 0 Å². The highest BCUT2D eigenvalue weighted by Crippen LogP contribution is 2.15. The van der Waals surface area contributed by atoms with E-state index in [2.05, 4.69) is 32.9 Å². The van der Waals surface area contributed by atoms with Crippen molar-refractivity contribution in [2.75, 3.05) is 18.8 Å². The fraction of sp³-hybridized carbons (Fsp3) is 0.500. The zero-order valence-corrected chi connectivity index (χ0v) is 18.0. The molecule has 0 aliphatic rings. The highest BCUT2D eigenvalue weighted by atomic mass is 32.2. The molecular weight excluding hydrogens is 374 g/mol. The normalized spacial score (nSPS) is 12.8. The first kappa shape index (κ1) is 21.9. The molecule has 0 fully saturated rings. The van der Waals surface area contributed by atoms with E-state index in [4.69, 9.17) is 0 Å². The number of hydrogen-bond acceptors (Lipinski definition) is 4. The van der Waals surface area contributed by atoms with Crippen molar-refractivity contribution in [3.05, 3.63) is 53.9 Å². The molecule has 2 rings (SSSR count). The van der Waals surface area contributed by atoms with Gasteiger partial charge >= 0.3 is 0 Å². The first-order chi connectivity index (χ1) is 13.2. The number of nitrogens with zero attached hydrogens (tertiary/aromatic N) is 3. The second kappa shape index (κ2) is 9.73. The molecule has 0 radical (unpaired) electrons. The van der Waals surface area contributed by atoms with Crippen LogP contribution < -0.4 is 10.6 Å². The Morgan fingerprint density at radius 3 is 2.46 bits per heavy atom. The number of nitrogens with one attached hydrogen (secondary N) is 2. The third kappa shape index (κ3) is 6.37. The zero-order valence-electron chi connectivity index (χ0n) is 17.1. The molecular formula is C20H31N5O2S. The van der Waals surface area contributed by atoms with Crippen LogP contribution in [0.3, 0.4) is 0 Å². The Bertz CT molecular complexity index is 868. The predicted molar refractivity (Wildman–Crippen MR) is 114 cm³/mol. The van der Waals surface area contributed by atoms with Gasteiger partial charge in [-0.3, -0.25) is 4.68 Å². The molecule has 1 heterocycles. The van der Waals surface area contributed by atoms with E-state index in [-0.39, 0.29) is 5.75 Å². The molecule has 0 aliphatic carbocycles. The Kier molecular flexibility index (Phi) is 7.62. The molecule has 1 aromatic heterocycles. The number of benzene rings is 1. The zero-order chi connectivity index (χ0) is 20.6. The van der Waals surface area contributed by atoms with Gasteiger partial charge in [0.1, 0.15) is 0 Å². The maximum Gasteiger partial charge on any atom is 0.191 e. The molecule has 0 bridgehead atoms. The molecule has 0 spiro atoms. The van der Waals surface area contributed by atoms with Crippen LogP contribution in [-0.4, -0.2) is 47.7 Å². The van der Waals surface area contributed by atoms with Crippen molar-refractivity contribution in [2.24, 2.45) is 4.99 Å². The summed E-state index contributed by atoms with van der Waals surface area (Å²) in [5, 5.41) is 10.6. The summed E-state index contributed by atoms with van der Waals surface area (Å²) in [4.78, 5) is 4.63. The maximum atomic E-state index is 12.3. The number of hydrogen-bond donors (Lipinski definition) is 2. The molecule has 0 saturated heterocycles. The average molecular weight is 406 g/mol. The Morgan fingerprint density at radius 2 is 1.86 bits per heavy atom. The molecule has 154 valence electrons. The number of guanidine groups is 1. The summed E-state index contributed by atoms with van der Waals surface area (Å²) in [6, 6.07) is 10.0. The first-order valence-electron chi connectivity index (χ1n) is 9.51. The van der Waals surface area contributed by atoms with Crippen molar-refractivity contribution < 1.29 is 8.42 Å². The maximum absolute atomic E-state index is 12.3. The van der Waals surface area contributed by atoms with E-state index in [1.807, 2.05) is 36.0 Å². The van der Waals surface area contributed by atoms with Gasteiger partial charge in [-0.15, -0.1) is 0 Å². The summed E-state index contributed by atoms with van der Waals surface area (Å²) in [6.45, 7) is 9.35. The largest absolute Gasteiger partial charge is 0.357 e. The Hall–Kier alpha value is -2.35. The third-order valence-electron chi connectivity index (χ3n) is 4.36. The monoisotopic (exact) mass is 405 g/mol. The molecule has 0 amide bonds. The minimum absolute atomic E-state index is 0.0663. The second-order valence-electron chi connectivity index (χ2n) is 7.53. The lowest BCUT2D eigenvalue weighted by molar-refractivity contribution is 0.559. The minimum Gasteiger partial charge on any atom is -0.357 e. The van der Waals surface area contributed by atoms with Crippen LogP contribution in [0.5, 0.6) is 0 Å². The van der Waals surface area contributed by atoms with Crippen molar-refractivity contribution in [2.45, 2.75) is 45.5 Å². The van der Waals surface area contributed by atoms with E-state index in [9.17, 15) is 8.42 Å². The van der Waals surface area contributed by atoms with Crippen LogP contribution in [0.25, 0.3) is 0 Å². The van der Waals surface area contributed by atoms with Crippen LogP contribution in [0.15, 0.2) is 47.7 Å². The standard InChI is InChI=1S/C20H31N5O2S/c1-5-21-19(22-12-14-28(26,27)20(2,3)4)23-15-17-9-6-7-10-18(17)16-25-13-8-11-24-25/h6-11,13H,5,12,14-16H2,1-4H3,(H2,21,22,23). The summed E-state index contributed by atoms with van der Waals surface area (Å²) in [7, 11) is -3.17. The molecule has 0 unspecified atom stereocenters. The van der Waals surface area contributed by atoms with Crippen LogP contribution in [0.1, 0.15) is 38.8 Å². The summed E-state index contributed by atoms with van der Waals surface area (Å²) >= 11 is 0. The molecule has 1 aromatic carbocycles. The number of rotatable bonds is 8. The van der Waals surface area contributed by atoms with E-state index < -0.39 is 14.6 Å². The predicted octanol–water partition coefficient (Wildman–Crippen LogP) is 2.20. The molecule has 2 aromatic rings. The van der Waals surface area contributed by atoms with Gasteiger partial charge in [-0.25, -0.2) is 13.4 Å². The van der Waals surface area contributed by atoms with Crippen molar-refractivity contribution in [1.82, 2.24) is 20.4 Å². The lowest BCUT2D eigenvalue weighted by atomic mass is 10.1. The lowest BCUT2D eigenvalue weighted by Gasteiger charge is -2.20. The SMILES string of the molecule is CCNC(=NCc1ccccc1Cn1cccn1)NCCS(=O)(=O)C(C)(C)C.